The van der Waals surface area contributed by atoms with E-state index in [1.807, 2.05) is 0 Å². The fourth-order valence-electron chi connectivity index (χ4n) is 3.51. The van der Waals surface area contributed by atoms with Crippen molar-refractivity contribution in [2.75, 3.05) is 25.0 Å². The first kappa shape index (κ1) is 19.6. The Morgan fingerprint density at radius 1 is 1.45 bits per heavy atom. The van der Waals surface area contributed by atoms with Gasteiger partial charge in [-0.05, 0) is 18.2 Å². The molecule has 1 atom stereocenters. The first-order valence-corrected chi connectivity index (χ1v) is 9.38. The third-order valence-corrected chi connectivity index (χ3v) is 5.38. The second-order valence-corrected chi connectivity index (χ2v) is 7.63. The number of rotatable bonds is 2. The highest BCUT2D eigenvalue weighted by molar-refractivity contribution is 6.31. The molecule has 0 radical (unpaired) electrons. The summed E-state index contributed by atoms with van der Waals surface area (Å²) in [5.74, 6) is -1.00. The molecular formula is C18H19ClFN5O4. The molecule has 4 N–H and O–H groups in total. The number of benzene rings is 1. The molecule has 0 saturated heterocycles. The molecule has 2 aliphatic rings. The Balaban J connectivity index is 1.56. The highest BCUT2D eigenvalue weighted by atomic mass is 35.5. The van der Waals surface area contributed by atoms with Crippen molar-refractivity contribution in [1.82, 2.24) is 20.0 Å². The summed E-state index contributed by atoms with van der Waals surface area (Å²) in [6.45, 7) is -0.140. The largest absolute Gasteiger partial charge is 0.393 e. The van der Waals surface area contributed by atoms with Gasteiger partial charge < -0.3 is 25.7 Å². The molecule has 3 amide bonds. The van der Waals surface area contributed by atoms with Gasteiger partial charge in [-0.3, -0.25) is 9.48 Å². The minimum atomic E-state index is -1.51. The minimum Gasteiger partial charge on any atom is -0.393 e. The number of hydrogen-bond donors (Lipinski definition) is 4. The molecule has 0 saturated carbocycles. The number of hydrogen-bond acceptors (Lipinski definition) is 5. The molecule has 0 spiro atoms. The number of nitrogens with zero attached hydrogens (tertiary/aromatic N) is 3. The lowest BCUT2D eigenvalue weighted by molar-refractivity contribution is -0.0252. The second-order valence-electron chi connectivity index (χ2n) is 7.23. The van der Waals surface area contributed by atoms with Crippen LogP contribution in [-0.4, -0.2) is 62.1 Å². The van der Waals surface area contributed by atoms with E-state index in [0.717, 1.165) is 6.07 Å². The lowest BCUT2D eigenvalue weighted by Crippen LogP contribution is -2.46. The Kier molecular flexibility index (Phi) is 4.93. The van der Waals surface area contributed by atoms with Gasteiger partial charge in [-0.2, -0.15) is 5.10 Å². The number of aliphatic hydroxyl groups excluding tert-OH is 1. The summed E-state index contributed by atoms with van der Waals surface area (Å²) in [4.78, 5) is 26.7. The zero-order valence-electron chi connectivity index (χ0n) is 15.3. The van der Waals surface area contributed by atoms with Crippen molar-refractivity contribution < 1.29 is 24.2 Å². The van der Waals surface area contributed by atoms with Crippen LogP contribution in [0.1, 0.15) is 21.7 Å². The lowest BCUT2D eigenvalue weighted by Gasteiger charge is -2.27. The summed E-state index contributed by atoms with van der Waals surface area (Å²) in [5.41, 5.74) is 0.391. The molecule has 11 heteroatoms. The van der Waals surface area contributed by atoms with Crippen molar-refractivity contribution in [1.29, 1.82) is 0 Å². The standard InChI is InChI=1S/C18H19ClFN5O4/c19-12-5-10(1-2-13(12)20)22-17(28)24-4-3-14-11(6-24)15-16(27)21-7-18(29,9-26)8-25(15)23-14/h1-2,5,26,29H,3-4,6-9H2,(H,21,27)(H,22,28). The van der Waals surface area contributed by atoms with Gasteiger partial charge in [-0.25, -0.2) is 9.18 Å². The molecule has 1 aromatic heterocycles. The van der Waals surface area contributed by atoms with Gasteiger partial charge in [0, 0.05) is 24.2 Å². The van der Waals surface area contributed by atoms with E-state index >= 15 is 0 Å². The fraction of sp³-hybridized carbons (Fsp3) is 0.389. The molecule has 2 aromatic rings. The number of fused-ring (bicyclic) bond motifs is 3. The number of carbonyl (C=O) groups excluding carboxylic acids is 2. The van der Waals surface area contributed by atoms with Gasteiger partial charge in [0.2, 0.25) is 0 Å². The Morgan fingerprint density at radius 2 is 2.24 bits per heavy atom. The Hall–Kier alpha value is -2.69. The fourth-order valence-corrected chi connectivity index (χ4v) is 3.69. The second kappa shape index (κ2) is 7.29. The molecule has 29 heavy (non-hydrogen) atoms. The van der Waals surface area contributed by atoms with Crippen LogP contribution in [0.4, 0.5) is 14.9 Å². The molecular weight excluding hydrogens is 405 g/mol. The quantitative estimate of drug-likeness (QED) is 0.567. The first-order chi connectivity index (χ1) is 13.8. The van der Waals surface area contributed by atoms with Crippen molar-refractivity contribution in [2.24, 2.45) is 0 Å². The number of amides is 3. The lowest BCUT2D eigenvalue weighted by atomic mass is 10.1. The number of urea groups is 1. The molecule has 1 unspecified atom stereocenters. The summed E-state index contributed by atoms with van der Waals surface area (Å²) in [7, 11) is 0. The van der Waals surface area contributed by atoms with Gasteiger partial charge in [-0.15, -0.1) is 0 Å². The van der Waals surface area contributed by atoms with Crippen LogP contribution >= 0.6 is 11.6 Å². The van der Waals surface area contributed by atoms with Crippen molar-refractivity contribution >= 4 is 29.2 Å². The van der Waals surface area contributed by atoms with E-state index in [1.54, 1.807) is 0 Å². The molecule has 0 fully saturated rings. The van der Waals surface area contributed by atoms with Crippen LogP contribution in [-0.2, 0) is 19.5 Å². The van der Waals surface area contributed by atoms with E-state index in [2.05, 4.69) is 15.7 Å². The number of aliphatic hydroxyl groups is 2. The predicted octanol–water partition coefficient (Wildman–Crippen LogP) is 0.733. The van der Waals surface area contributed by atoms with Crippen molar-refractivity contribution in [2.45, 2.75) is 25.1 Å². The SMILES string of the molecule is O=C1NCC(O)(CO)Cn2nc3c(c21)CN(C(=O)Nc1ccc(F)c(Cl)c1)CC3. The van der Waals surface area contributed by atoms with E-state index in [1.165, 1.54) is 21.7 Å². The third kappa shape index (κ3) is 3.66. The van der Waals surface area contributed by atoms with Gasteiger partial charge in [0.25, 0.3) is 5.91 Å². The topological polar surface area (TPSA) is 120 Å². The normalized spacial score (nSPS) is 21.1. The van der Waals surface area contributed by atoms with Crippen LogP contribution in [0.15, 0.2) is 18.2 Å². The number of nitrogens with one attached hydrogen (secondary N) is 2. The highest BCUT2D eigenvalue weighted by Crippen LogP contribution is 2.26. The molecule has 2 aliphatic heterocycles. The van der Waals surface area contributed by atoms with Crippen LogP contribution in [0.5, 0.6) is 0 Å². The first-order valence-electron chi connectivity index (χ1n) is 9.00. The van der Waals surface area contributed by atoms with Crippen molar-refractivity contribution in [3.05, 3.63) is 46.0 Å². The average Bonchev–Trinajstić information content (AvgIpc) is 2.99. The Bertz CT molecular complexity index is 997. The number of carbonyl (C=O) groups is 2. The van der Waals surface area contributed by atoms with E-state index in [-0.39, 0.29) is 30.4 Å². The predicted molar refractivity (Wildman–Crippen MR) is 101 cm³/mol. The number of halogens is 2. The maximum atomic E-state index is 13.3. The summed E-state index contributed by atoms with van der Waals surface area (Å²) in [5, 5.41) is 29.4. The van der Waals surface area contributed by atoms with Crippen molar-refractivity contribution in [3.8, 4) is 0 Å². The van der Waals surface area contributed by atoms with E-state index in [0.29, 0.717) is 29.9 Å². The Labute approximate surface area is 170 Å². The molecule has 4 rings (SSSR count). The van der Waals surface area contributed by atoms with Gasteiger partial charge in [0.05, 0.1) is 37.0 Å². The summed E-state index contributed by atoms with van der Waals surface area (Å²) < 4.78 is 14.7. The van der Waals surface area contributed by atoms with Gasteiger partial charge in [0.15, 0.2) is 0 Å². The van der Waals surface area contributed by atoms with Crippen molar-refractivity contribution in [3.63, 3.8) is 0 Å². The molecule has 0 bridgehead atoms. The van der Waals surface area contributed by atoms with Crippen LogP contribution < -0.4 is 10.6 Å². The zero-order chi connectivity index (χ0) is 20.8. The monoisotopic (exact) mass is 423 g/mol. The number of anilines is 1. The van der Waals surface area contributed by atoms with Crippen LogP contribution in [0.3, 0.4) is 0 Å². The van der Waals surface area contributed by atoms with E-state index in [4.69, 9.17) is 11.6 Å². The minimum absolute atomic E-state index is 0.0369. The average molecular weight is 424 g/mol. The number of β-amino-alcohol motifs (C(OH)–C–C–N with tert-alkyl or cyclic N) is 1. The smallest absolute Gasteiger partial charge is 0.322 e. The molecule has 0 aliphatic carbocycles. The maximum Gasteiger partial charge on any atom is 0.322 e. The van der Waals surface area contributed by atoms with Gasteiger partial charge in [0.1, 0.15) is 17.1 Å². The molecule has 1 aromatic carbocycles. The summed E-state index contributed by atoms with van der Waals surface area (Å²) >= 11 is 5.75. The van der Waals surface area contributed by atoms with E-state index in [9.17, 15) is 24.2 Å². The molecule has 9 nitrogen and oxygen atoms in total. The van der Waals surface area contributed by atoms with Gasteiger partial charge in [-0.1, -0.05) is 11.6 Å². The highest BCUT2D eigenvalue weighted by Gasteiger charge is 2.37. The van der Waals surface area contributed by atoms with Gasteiger partial charge >= 0.3 is 6.03 Å². The Morgan fingerprint density at radius 3 is 2.97 bits per heavy atom. The van der Waals surface area contributed by atoms with Crippen LogP contribution in [0, 0.1) is 5.82 Å². The summed E-state index contributed by atoms with van der Waals surface area (Å²) in [6, 6.07) is 3.47. The molecule has 154 valence electrons. The van der Waals surface area contributed by atoms with Crippen LogP contribution in [0.2, 0.25) is 5.02 Å². The van der Waals surface area contributed by atoms with Crippen LogP contribution in [0.25, 0.3) is 0 Å². The zero-order valence-corrected chi connectivity index (χ0v) is 16.0. The molecule has 3 heterocycles. The third-order valence-electron chi connectivity index (χ3n) is 5.09. The van der Waals surface area contributed by atoms with E-state index < -0.39 is 30.0 Å². The summed E-state index contributed by atoms with van der Waals surface area (Å²) in [6.07, 6.45) is 0.428. The maximum absolute atomic E-state index is 13.3. The number of aromatic nitrogens is 2.